The van der Waals surface area contributed by atoms with E-state index < -0.39 is 0 Å². The Morgan fingerprint density at radius 1 is 1.07 bits per heavy atom. The van der Waals surface area contributed by atoms with Crippen LogP contribution in [0.5, 0.6) is 11.5 Å². The summed E-state index contributed by atoms with van der Waals surface area (Å²) < 4.78 is 11.4. The number of ether oxygens (including phenoxy) is 2. The lowest BCUT2D eigenvalue weighted by Crippen LogP contribution is -2.30. The topological polar surface area (TPSA) is 126 Å². The Balaban J connectivity index is 1.46. The van der Waals surface area contributed by atoms with Crippen LogP contribution in [0, 0.1) is 17.2 Å². The van der Waals surface area contributed by atoms with Gasteiger partial charge in [0.1, 0.15) is 35.6 Å². The molecule has 220 valence electrons. The first-order valence-electron chi connectivity index (χ1n) is 14.2. The quantitative estimate of drug-likeness (QED) is 0.203. The van der Waals surface area contributed by atoms with Gasteiger partial charge in [0.15, 0.2) is 0 Å². The van der Waals surface area contributed by atoms with Crippen LogP contribution in [0.3, 0.4) is 0 Å². The highest BCUT2D eigenvalue weighted by atomic mass is 16.5. The molecule has 1 fully saturated rings. The summed E-state index contributed by atoms with van der Waals surface area (Å²) in [5.74, 6) is 2.09. The number of nitriles is 1. The molecule has 0 spiro atoms. The van der Waals surface area contributed by atoms with E-state index in [2.05, 4.69) is 21.7 Å². The molecular formula is C34H36N6O3. The summed E-state index contributed by atoms with van der Waals surface area (Å²) >= 11 is 0. The minimum atomic E-state index is -0.126. The normalized spacial score (nSPS) is 12.3. The minimum Gasteiger partial charge on any atom is -0.497 e. The van der Waals surface area contributed by atoms with E-state index >= 15 is 0 Å². The highest BCUT2D eigenvalue weighted by Gasteiger charge is 2.21. The van der Waals surface area contributed by atoms with Crippen molar-refractivity contribution < 1.29 is 14.3 Å². The van der Waals surface area contributed by atoms with Gasteiger partial charge in [-0.25, -0.2) is 4.98 Å². The lowest BCUT2D eigenvalue weighted by atomic mass is 9.97. The monoisotopic (exact) mass is 576 g/mol. The van der Waals surface area contributed by atoms with Crippen LogP contribution >= 0.6 is 0 Å². The third-order valence-corrected chi connectivity index (χ3v) is 7.35. The number of rotatable bonds is 12. The number of nitrogens with one attached hydrogen (secondary N) is 2. The van der Waals surface area contributed by atoms with Crippen molar-refractivity contribution in [2.24, 2.45) is 5.92 Å². The summed E-state index contributed by atoms with van der Waals surface area (Å²) in [7, 11) is 5.47. The van der Waals surface area contributed by atoms with Gasteiger partial charge in [-0.15, -0.1) is 0 Å². The van der Waals surface area contributed by atoms with E-state index in [1.807, 2.05) is 91.8 Å². The van der Waals surface area contributed by atoms with Gasteiger partial charge in [0.05, 0.1) is 30.7 Å². The van der Waals surface area contributed by atoms with Gasteiger partial charge in [0, 0.05) is 25.2 Å². The Hall–Kier alpha value is -5.07. The van der Waals surface area contributed by atoms with E-state index in [1.165, 1.54) is 12.8 Å². The Kier molecular flexibility index (Phi) is 9.08. The van der Waals surface area contributed by atoms with Crippen LogP contribution < -0.4 is 30.7 Å². The largest absolute Gasteiger partial charge is 0.497 e. The molecule has 9 nitrogen and oxygen atoms in total. The Bertz CT molecular complexity index is 1640. The molecule has 0 bridgehead atoms. The highest BCUT2D eigenvalue weighted by molar-refractivity contribution is 5.97. The van der Waals surface area contributed by atoms with Gasteiger partial charge < -0.3 is 30.7 Å². The lowest BCUT2D eigenvalue weighted by Gasteiger charge is -2.20. The number of amides is 1. The first-order chi connectivity index (χ1) is 20.9. The van der Waals surface area contributed by atoms with Crippen LogP contribution in [0.1, 0.15) is 24.0 Å². The van der Waals surface area contributed by atoms with Gasteiger partial charge in [0.2, 0.25) is 5.91 Å². The van der Waals surface area contributed by atoms with Crippen LogP contribution in [0.2, 0.25) is 0 Å². The molecule has 43 heavy (non-hydrogen) atoms. The molecule has 5 rings (SSSR count). The van der Waals surface area contributed by atoms with E-state index in [-0.39, 0.29) is 23.8 Å². The molecule has 1 heterocycles. The Morgan fingerprint density at radius 3 is 2.53 bits per heavy atom. The number of carbonyl (C=O) groups is 1. The summed E-state index contributed by atoms with van der Waals surface area (Å²) in [6.07, 6.45) is 2.44. The van der Waals surface area contributed by atoms with Gasteiger partial charge in [-0.05, 0) is 78.9 Å². The molecule has 4 aromatic rings. The standard InChI is InChI=1S/C34H36N6O3/c1-40(2)31-15-12-24(16-30(31)38-33(41)20-37-19-22-8-9-22)27-17-29(39-34(36)28(27)18-35)26-6-4-5-7-32(26)43-21-23-10-13-25(42-3)14-11-23/h4-7,10-17,22,37H,8-9,19-21H2,1-3H3,(H2,36,39)(H,38,41). The molecule has 1 amide bonds. The highest BCUT2D eigenvalue weighted by Crippen LogP contribution is 2.38. The van der Waals surface area contributed by atoms with Crippen molar-refractivity contribution in [1.29, 1.82) is 5.26 Å². The van der Waals surface area contributed by atoms with Crippen molar-refractivity contribution in [3.05, 3.63) is 83.9 Å². The third kappa shape index (κ3) is 7.23. The number of nitrogen functional groups attached to an aromatic ring is 1. The van der Waals surface area contributed by atoms with Crippen molar-refractivity contribution in [2.75, 3.05) is 50.2 Å². The SMILES string of the molecule is COc1ccc(COc2ccccc2-c2cc(-c3ccc(N(C)C)c(NC(=O)CNCC4CC4)c3)c(C#N)c(N)n2)cc1. The average Bonchev–Trinajstić information content (AvgIpc) is 3.84. The molecule has 0 aliphatic heterocycles. The number of hydrogen-bond donors (Lipinski definition) is 3. The van der Waals surface area contributed by atoms with Crippen LogP contribution in [-0.2, 0) is 11.4 Å². The van der Waals surface area contributed by atoms with Crippen molar-refractivity contribution in [1.82, 2.24) is 10.3 Å². The number of benzene rings is 3. The fourth-order valence-electron chi connectivity index (χ4n) is 4.83. The first kappa shape index (κ1) is 29.4. The van der Waals surface area contributed by atoms with Gasteiger partial charge in [-0.1, -0.05) is 30.3 Å². The maximum Gasteiger partial charge on any atom is 0.238 e. The number of aromatic nitrogens is 1. The molecule has 0 saturated heterocycles. The molecule has 3 aromatic carbocycles. The van der Waals surface area contributed by atoms with E-state index in [0.717, 1.165) is 34.7 Å². The molecule has 0 unspecified atom stereocenters. The van der Waals surface area contributed by atoms with Crippen molar-refractivity contribution in [2.45, 2.75) is 19.4 Å². The molecule has 0 radical (unpaired) electrons. The summed E-state index contributed by atoms with van der Waals surface area (Å²) in [5.41, 5.74) is 11.8. The van der Waals surface area contributed by atoms with Crippen LogP contribution in [0.25, 0.3) is 22.4 Å². The van der Waals surface area contributed by atoms with E-state index in [4.69, 9.17) is 15.2 Å². The molecule has 1 aromatic heterocycles. The fraction of sp³-hybridized carbons (Fsp3) is 0.265. The molecule has 9 heteroatoms. The maximum atomic E-state index is 12.8. The maximum absolute atomic E-state index is 12.8. The second kappa shape index (κ2) is 13.3. The predicted molar refractivity (Wildman–Crippen MR) is 170 cm³/mol. The first-order valence-corrected chi connectivity index (χ1v) is 14.2. The number of para-hydroxylation sites is 1. The number of anilines is 3. The minimum absolute atomic E-state index is 0.117. The third-order valence-electron chi connectivity index (χ3n) is 7.35. The van der Waals surface area contributed by atoms with Crippen molar-refractivity contribution in [3.63, 3.8) is 0 Å². The van der Waals surface area contributed by atoms with Crippen LogP contribution in [-0.4, -0.2) is 45.2 Å². The number of carbonyl (C=O) groups excluding carboxylic acids is 1. The molecular weight excluding hydrogens is 540 g/mol. The number of methoxy groups -OCH3 is 1. The summed E-state index contributed by atoms with van der Waals surface area (Å²) in [6, 6.07) is 25.1. The van der Waals surface area contributed by atoms with Gasteiger partial charge in [-0.3, -0.25) is 4.79 Å². The van der Waals surface area contributed by atoms with E-state index in [0.29, 0.717) is 35.2 Å². The molecule has 0 atom stereocenters. The Labute approximate surface area is 252 Å². The number of nitrogens with two attached hydrogens (primary N) is 1. The molecule has 1 saturated carbocycles. The number of pyridine rings is 1. The van der Waals surface area contributed by atoms with Crippen LogP contribution in [0.15, 0.2) is 72.8 Å². The number of nitrogens with zero attached hydrogens (tertiary/aromatic N) is 3. The second-order valence-electron chi connectivity index (χ2n) is 10.8. The fourth-order valence-corrected chi connectivity index (χ4v) is 4.83. The summed E-state index contributed by atoms with van der Waals surface area (Å²) in [6.45, 7) is 1.44. The van der Waals surface area contributed by atoms with Gasteiger partial charge in [0.25, 0.3) is 0 Å². The summed E-state index contributed by atoms with van der Waals surface area (Å²) in [4.78, 5) is 19.3. The zero-order valence-electron chi connectivity index (χ0n) is 24.7. The Morgan fingerprint density at radius 2 is 1.84 bits per heavy atom. The average molecular weight is 577 g/mol. The van der Waals surface area contributed by atoms with Crippen LogP contribution in [0.4, 0.5) is 17.2 Å². The van der Waals surface area contributed by atoms with Gasteiger partial charge in [-0.2, -0.15) is 5.26 Å². The van der Waals surface area contributed by atoms with Gasteiger partial charge >= 0.3 is 0 Å². The summed E-state index contributed by atoms with van der Waals surface area (Å²) in [5, 5.41) is 16.3. The second-order valence-corrected chi connectivity index (χ2v) is 10.8. The lowest BCUT2D eigenvalue weighted by molar-refractivity contribution is -0.115. The zero-order valence-corrected chi connectivity index (χ0v) is 24.7. The smallest absolute Gasteiger partial charge is 0.238 e. The van der Waals surface area contributed by atoms with Crippen molar-refractivity contribution >= 4 is 23.1 Å². The molecule has 1 aliphatic rings. The van der Waals surface area contributed by atoms with Crippen molar-refractivity contribution in [3.8, 4) is 40.0 Å². The van der Waals surface area contributed by atoms with E-state index in [1.54, 1.807) is 7.11 Å². The van der Waals surface area contributed by atoms with E-state index in [9.17, 15) is 10.1 Å². The zero-order chi connectivity index (χ0) is 30.3. The number of hydrogen-bond acceptors (Lipinski definition) is 8. The predicted octanol–water partition coefficient (Wildman–Crippen LogP) is 5.46. The molecule has 4 N–H and O–H groups in total. The molecule has 1 aliphatic carbocycles.